The minimum atomic E-state index is -0.163. The molecular weight excluding hydrogens is 305 g/mol. The first-order chi connectivity index (χ1) is 7.25. The van der Waals surface area contributed by atoms with E-state index in [2.05, 4.69) is 37.9 Å². The fourth-order valence-corrected chi connectivity index (χ4v) is 1.69. The van der Waals surface area contributed by atoms with Gasteiger partial charge < -0.3 is 4.98 Å². The molecule has 1 amide bonds. The number of carbonyl (C=O) groups is 1. The number of hydrogen-bond acceptors (Lipinski definition) is 2. The Hall–Kier alpha value is -1.37. The lowest BCUT2D eigenvalue weighted by molar-refractivity contribution is 0.102. The predicted molar refractivity (Wildman–Crippen MR) is 65.7 cm³/mol. The van der Waals surface area contributed by atoms with E-state index in [0.29, 0.717) is 11.5 Å². The summed E-state index contributed by atoms with van der Waals surface area (Å²) in [5.41, 5.74) is 0.623. The maximum atomic E-state index is 11.7. The van der Waals surface area contributed by atoms with Gasteiger partial charge in [0, 0.05) is 21.5 Å². The number of halogens is 1. The number of anilines is 1. The fourth-order valence-electron chi connectivity index (χ4n) is 1.14. The number of imidazole rings is 1. The van der Waals surface area contributed by atoms with Crippen molar-refractivity contribution in [3.8, 4) is 0 Å². The Kier molecular flexibility index (Phi) is 3.00. The van der Waals surface area contributed by atoms with Crippen molar-refractivity contribution >= 4 is 34.4 Å². The van der Waals surface area contributed by atoms with Crippen LogP contribution in [0.3, 0.4) is 0 Å². The average molecular weight is 313 g/mol. The molecule has 15 heavy (non-hydrogen) atoms. The Morgan fingerprint density at radius 1 is 1.47 bits per heavy atom. The van der Waals surface area contributed by atoms with Crippen molar-refractivity contribution in [3.05, 3.63) is 45.8 Å². The number of aromatic amines is 1. The van der Waals surface area contributed by atoms with Crippen LogP contribution in [0.1, 0.15) is 10.4 Å². The number of H-pyrrole nitrogens is 1. The SMILES string of the molecule is O=C(Nc1ncc[nH]1)c1cccc(I)c1. The molecule has 0 radical (unpaired) electrons. The largest absolute Gasteiger partial charge is 0.331 e. The average Bonchev–Trinajstić information content (AvgIpc) is 2.70. The van der Waals surface area contributed by atoms with Crippen LogP contribution < -0.4 is 5.32 Å². The summed E-state index contributed by atoms with van der Waals surface area (Å²) in [4.78, 5) is 18.4. The van der Waals surface area contributed by atoms with Crippen molar-refractivity contribution in [1.29, 1.82) is 0 Å². The van der Waals surface area contributed by atoms with Crippen LogP contribution >= 0.6 is 22.6 Å². The van der Waals surface area contributed by atoms with Gasteiger partial charge in [0.05, 0.1) is 0 Å². The zero-order chi connectivity index (χ0) is 10.7. The predicted octanol–water partition coefficient (Wildman–Crippen LogP) is 2.27. The van der Waals surface area contributed by atoms with E-state index in [1.807, 2.05) is 18.2 Å². The molecule has 0 saturated heterocycles. The van der Waals surface area contributed by atoms with Gasteiger partial charge in [0.15, 0.2) is 0 Å². The third-order valence-corrected chi connectivity index (χ3v) is 2.49. The van der Waals surface area contributed by atoms with Gasteiger partial charge in [-0.2, -0.15) is 0 Å². The highest BCUT2D eigenvalue weighted by atomic mass is 127. The molecule has 0 aliphatic rings. The van der Waals surface area contributed by atoms with Gasteiger partial charge in [-0.15, -0.1) is 0 Å². The van der Waals surface area contributed by atoms with Gasteiger partial charge in [-0.25, -0.2) is 4.98 Å². The second kappa shape index (κ2) is 4.43. The number of carbonyl (C=O) groups excluding carboxylic acids is 1. The Morgan fingerprint density at radius 3 is 3.00 bits per heavy atom. The maximum Gasteiger partial charge on any atom is 0.258 e. The zero-order valence-corrected chi connectivity index (χ0v) is 9.86. The summed E-state index contributed by atoms with van der Waals surface area (Å²) in [5, 5.41) is 2.66. The molecule has 1 aromatic carbocycles. The van der Waals surface area contributed by atoms with Gasteiger partial charge in [-0.05, 0) is 40.8 Å². The monoisotopic (exact) mass is 313 g/mol. The summed E-state index contributed by atoms with van der Waals surface area (Å²) in [5.74, 6) is 0.294. The molecule has 0 atom stereocenters. The highest BCUT2D eigenvalue weighted by Gasteiger charge is 2.06. The van der Waals surface area contributed by atoms with Gasteiger partial charge in [0.25, 0.3) is 5.91 Å². The van der Waals surface area contributed by atoms with Crippen LogP contribution in [0.5, 0.6) is 0 Å². The molecular formula is C10H8IN3O. The number of benzene rings is 1. The smallest absolute Gasteiger partial charge is 0.258 e. The molecule has 0 unspecified atom stereocenters. The fraction of sp³-hybridized carbons (Fsp3) is 0. The third-order valence-electron chi connectivity index (χ3n) is 1.82. The van der Waals surface area contributed by atoms with Gasteiger partial charge >= 0.3 is 0 Å². The molecule has 2 N–H and O–H groups in total. The van der Waals surface area contributed by atoms with Crippen LogP contribution in [0.4, 0.5) is 5.95 Å². The van der Waals surface area contributed by atoms with Gasteiger partial charge in [0.1, 0.15) is 0 Å². The summed E-state index contributed by atoms with van der Waals surface area (Å²) in [6, 6.07) is 7.36. The normalized spacial score (nSPS) is 9.93. The van der Waals surface area contributed by atoms with E-state index in [0.717, 1.165) is 3.57 Å². The van der Waals surface area contributed by atoms with Crippen molar-refractivity contribution in [2.45, 2.75) is 0 Å². The zero-order valence-electron chi connectivity index (χ0n) is 7.70. The summed E-state index contributed by atoms with van der Waals surface area (Å²) < 4.78 is 1.03. The van der Waals surface area contributed by atoms with Crippen molar-refractivity contribution < 1.29 is 4.79 Å². The van der Waals surface area contributed by atoms with Crippen LogP contribution in [0.25, 0.3) is 0 Å². The van der Waals surface area contributed by atoms with Crippen LogP contribution in [0.2, 0.25) is 0 Å². The van der Waals surface area contributed by atoms with Gasteiger partial charge in [-0.3, -0.25) is 10.1 Å². The molecule has 76 valence electrons. The molecule has 1 heterocycles. The molecule has 5 heteroatoms. The van der Waals surface area contributed by atoms with Crippen molar-refractivity contribution in [2.75, 3.05) is 5.32 Å². The minimum Gasteiger partial charge on any atom is -0.331 e. The molecule has 0 spiro atoms. The topological polar surface area (TPSA) is 57.8 Å². The van der Waals surface area contributed by atoms with Crippen molar-refractivity contribution in [1.82, 2.24) is 9.97 Å². The quantitative estimate of drug-likeness (QED) is 0.836. The Morgan fingerprint density at radius 2 is 2.33 bits per heavy atom. The Balaban J connectivity index is 2.15. The lowest BCUT2D eigenvalue weighted by Crippen LogP contribution is -2.12. The number of rotatable bonds is 2. The second-order valence-corrected chi connectivity index (χ2v) is 4.15. The number of nitrogens with one attached hydrogen (secondary N) is 2. The second-order valence-electron chi connectivity index (χ2n) is 2.90. The molecule has 0 aliphatic carbocycles. The highest BCUT2D eigenvalue weighted by molar-refractivity contribution is 14.1. The van der Waals surface area contributed by atoms with E-state index in [9.17, 15) is 4.79 Å². The maximum absolute atomic E-state index is 11.7. The van der Waals surface area contributed by atoms with Gasteiger partial charge in [0.2, 0.25) is 5.95 Å². The molecule has 4 nitrogen and oxygen atoms in total. The number of aromatic nitrogens is 2. The van der Waals surface area contributed by atoms with Crippen LogP contribution in [0, 0.1) is 3.57 Å². The molecule has 2 rings (SSSR count). The summed E-state index contributed by atoms with van der Waals surface area (Å²) >= 11 is 2.17. The first-order valence-electron chi connectivity index (χ1n) is 4.32. The first-order valence-corrected chi connectivity index (χ1v) is 5.40. The van der Waals surface area contributed by atoms with E-state index in [1.165, 1.54) is 0 Å². The number of hydrogen-bond donors (Lipinski definition) is 2. The number of amides is 1. The molecule has 0 fully saturated rings. The third kappa shape index (κ3) is 2.56. The van der Waals surface area contributed by atoms with E-state index < -0.39 is 0 Å². The van der Waals surface area contributed by atoms with Crippen LogP contribution in [0.15, 0.2) is 36.7 Å². The van der Waals surface area contributed by atoms with E-state index in [4.69, 9.17) is 0 Å². The first kappa shape index (κ1) is 10.2. The molecule has 2 aromatic rings. The summed E-state index contributed by atoms with van der Waals surface area (Å²) in [7, 11) is 0. The minimum absolute atomic E-state index is 0.163. The van der Waals surface area contributed by atoms with Crippen molar-refractivity contribution in [3.63, 3.8) is 0 Å². The summed E-state index contributed by atoms with van der Waals surface area (Å²) in [6.07, 6.45) is 3.24. The lowest BCUT2D eigenvalue weighted by atomic mass is 10.2. The van der Waals surface area contributed by atoms with E-state index in [1.54, 1.807) is 18.5 Å². The number of nitrogens with zero attached hydrogens (tertiary/aromatic N) is 1. The van der Waals surface area contributed by atoms with E-state index >= 15 is 0 Å². The van der Waals surface area contributed by atoms with Crippen molar-refractivity contribution in [2.24, 2.45) is 0 Å². The summed E-state index contributed by atoms with van der Waals surface area (Å²) in [6.45, 7) is 0. The van der Waals surface area contributed by atoms with Crippen LogP contribution in [-0.4, -0.2) is 15.9 Å². The highest BCUT2D eigenvalue weighted by Crippen LogP contribution is 2.09. The molecule has 0 aliphatic heterocycles. The Labute approximate surface area is 100 Å². The molecule has 1 aromatic heterocycles. The molecule has 0 saturated carbocycles. The Bertz CT molecular complexity index is 467. The van der Waals surface area contributed by atoms with Crippen LogP contribution in [-0.2, 0) is 0 Å². The standard InChI is InChI=1S/C10H8IN3O/c11-8-3-1-2-7(6-8)9(15)14-10-12-4-5-13-10/h1-6H,(H2,12,13,14,15). The van der Waals surface area contributed by atoms with E-state index in [-0.39, 0.29) is 5.91 Å². The molecule has 0 bridgehead atoms. The lowest BCUT2D eigenvalue weighted by Gasteiger charge is -2.01. The van der Waals surface area contributed by atoms with Gasteiger partial charge in [-0.1, -0.05) is 6.07 Å².